The molecule has 6 heteroatoms. The van der Waals surface area contributed by atoms with Crippen LogP contribution in [-0.4, -0.2) is 32.7 Å². The summed E-state index contributed by atoms with van der Waals surface area (Å²) in [5.41, 5.74) is 2.89. The Kier molecular flexibility index (Phi) is 5.75. The second kappa shape index (κ2) is 7.59. The Hall–Kier alpha value is -2.18. The van der Waals surface area contributed by atoms with Crippen LogP contribution in [0.3, 0.4) is 0 Å². The van der Waals surface area contributed by atoms with Crippen molar-refractivity contribution in [2.75, 3.05) is 19.4 Å². The molecule has 2 aromatic rings. The lowest BCUT2D eigenvalue weighted by molar-refractivity contribution is -0.116. The molecule has 0 fully saturated rings. The lowest BCUT2D eigenvalue weighted by Gasteiger charge is -2.12. The molecule has 2 aromatic carbocycles. The van der Waals surface area contributed by atoms with Crippen LogP contribution < -0.4 is 5.32 Å². The number of sulfonamides is 1. The minimum atomic E-state index is -3.45. The summed E-state index contributed by atoms with van der Waals surface area (Å²) in [6.45, 7) is 2.02. The third-order valence-electron chi connectivity index (χ3n) is 3.68. The van der Waals surface area contributed by atoms with E-state index in [4.69, 9.17) is 0 Å². The summed E-state index contributed by atoms with van der Waals surface area (Å²) in [6.07, 6.45) is 1.04. The van der Waals surface area contributed by atoms with E-state index in [2.05, 4.69) is 5.32 Å². The van der Waals surface area contributed by atoms with E-state index in [0.29, 0.717) is 18.5 Å². The van der Waals surface area contributed by atoms with Crippen LogP contribution in [0.2, 0.25) is 0 Å². The number of carbonyl (C=O) groups is 1. The fraction of sp³-hybridized carbons (Fsp3) is 0.278. The van der Waals surface area contributed by atoms with E-state index in [9.17, 15) is 13.2 Å². The number of nitrogens with one attached hydrogen (secondary N) is 1. The van der Waals surface area contributed by atoms with Crippen LogP contribution in [0.1, 0.15) is 17.5 Å². The van der Waals surface area contributed by atoms with E-state index in [0.717, 1.165) is 9.87 Å². The zero-order valence-corrected chi connectivity index (χ0v) is 14.9. The van der Waals surface area contributed by atoms with Gasteiger partial charge in [0.1, 0.15) is 0 Å². The van der Waals surface area contributed by atoms with Crippen molar-refractivity contribution >= 4 is 21.6 Å². The highest BCUT2D eigenvalue weighted by atomic mass is 32.2. The van der Waals surface area contributed by atoms with E-state index in [1.807, 2.05) is 31.2 Å². The van der Waals surface area contributed by atoms with Crippen LogP contribution in [0.15, 0.2) is 53.4 Å². The molecule has 128 valence electrons. The predicted octanol–water partition coefficient (Wildman–Crippen LogP) is 2.82. The van der Waals surface area contributed by atoms with Crippen LogP contribution in [0.4, 0.5) is 5.69 Å². The minimum Gasteiger partial charge on any atom is -0.326 e. The van der Waals surface area contributed by atoms with E-state index in [1.54, 1.807) is 12.1 Å². The predicted molar refractivity (Wildman–Crippen MR) is 95.4 cm³/mol. The van der Waals surface area contributed by atoms with E-state index >= 15 is 0 Å². The lowest BCUT2D eigenvalue weighted by atomic mass is 10.1. The van der Waals surface area contributed by atoms with Gasteiger partial charge >= 0.3 is 0 Å². The Morgan fingerprint density at radius 1 is 1.00 bits per heavy atom. The number of amides is 1. The Balaban J connectivity index is 1.93. The molecule has 0 atom stereocenters. The van der Waals surface area contributed by atoms with Crippen molar-refractivity contribution in [2.45, 2.75) is 24.7 Å². The SMILES string of the molecule is Cc1ccc(CCC(=O)Nc2ccc(S(=O)(=O)N(C)C)cc2)cc1. The molecule has 1 N–H and O–H groups in total. The van der Waals surface area contributed by atoms with Gasteiger partial charge in [-0.2, -0.15) is 0 Å². The van der Waals surface area contributed by atoms with Crippen molar-refractivity contribution < 1.29 is 13.2 Å². The molecule has 0 aliphatic rings. The molecule has 1 amide bonds. The van der Waals surface area contributed by atoms with Crippen LogP contribution in [-0.2, 0) is 21.2 Å². The Labute approximate surface area is 143 Å². The van der Waals surface area contributed by atoms with Crippen LogP contribution in [0, 0.1) is 6.92 Å². The Bertz CT molecular complexity index is 795. The standard InChI is InChI=1S/C18H22N2O3S/c1-14-4-6-15(7-5-14)8-13-18(21)19-16-9-11-17(12-10-16)24(22,23)20(2)3/h4-7,9-12H,8,13H2,1-3H3,(H,19,21). The zero-order chi connectivity index (χ0) is 17.7. The zero-order valence-electron chi connectivity index (χ0n) is 14.1. The summed E-state index contributed by atoms with van der Waals surface area (Å²) in [5.74, 6) is -0.0983. The van der Waals surface area contributed by atoms with Gasteiger partial charge in [-0.1, -0.05) is 29.8 Å². The average molecular weight is 346 g/mol. The van der Waals surface area contributed by atoms with Crippen molar-refractivity contribution in [2.24, 2.45) is 0 Å². The van der Waals surface area contributed by atoms with Crippen LogP contribution in [0.25, 0.3) is 0 Å². The maximum atomic E-state index is 12.0. The fourth-order valence-corrected chi connectivity index (χ4v) is 3.06. The smallest absolute Gasteiger partial charge is 0.242 e. The molecular weight excluding hydrogens is 324 g/mol. The molecule has 2 rings (SSSR count). The normalized spacial score (nSPS) is 11.5. The van der Waals surface area contributed by atoms with Gasteiger partial charge in [0.25, 0.3) is 0 Å². The van der Waals surface area contributed by atoms with Crippen molar-refractivity contribution in [1.82, 2.24) is 4.31 Å². The van der Waals surface area contributed by atoms with Gasteiger partial charge in [0.2, 0.25) is 15.9 Å². The van der Waals surface area contributed by atoms with Gasteiger partial charge in [0.05, 0.1) is 4.90 Å². The molecule has 0 radical (unpaired) electrons. The first-order valence-corrected chi connectivity index (χ1v) is 9.11. The second-order valence-electron chi connectivity index (χ2n) is 5.85. The number of hydrogen-bond donors (Lipinski definition) is 1. The molecule has 0 saturated carbocycles. The van der Waals surface area contributed by atoms with Gasteiger partial charge < -0.3 is 5.32 Å². The van der Waals surface area contributed by atoms with Crippen molar-refractivity contribution in [3.8, 4) is 0 Å². The molecule has 0 aliphatic carbocycles. The molecule has 24 heavy (non-hydrogen) atoms. The number of rotatable bonds is 6. The van der Waals surface area contributed by atoms with Gasteiger partial charge in [0.15, 0.2) is 0 Å². The minimum absolute atomic E-state index is 0.0983. The highest BCUT2D eigenvalue weighted by molar-refractivity contribution is 7.89. The van der Waals surface area contributed by atoms with Gasteiger partial charge in [-0.25, -0.2) is 12.7 Å². The maximum Gasteiger partial charge on any atom is 0.242 e. The van der Waals surface area contributed by atoms with Gasteiger partial charge in [0, 0.05) is 26.2 Å². The molecule has 0 aliphatic heterocycles. The van der Waals surface area contributed by atoms with Crippen LogP contribution in [0.5, 0.6) is 0 Å². The molecule has 0 spiro atoms. The molecule has 0 heterocycles. The monoisotopic (exact) mass is 346 g/mol. The number of carbonyl (C=O) groups excluding carboxylic acids is 1. The number of anilines is 1. The first-order chi connectivity index (χ1) is 11.3. The summed E-state index contributed by atoms with van der Waals surface area (Å²) in [6, 6.07) is 14.3. The highest BCUT2D eigenvalue weighted by Crippen LogP contribution is 2.17. The third kappa shape index (κ3) is 4.66. The summed E-state index contributed by atoms with van der Waals surface area (Å²) in [4.78, 5) is 12.2. The maximum absolute atomic E-state index is 12.0. The topological polar surface area (TPSA) is 66.5 Å². The van der Waals surface area contributed by atoms with E-state index in [1.165, 1.54) is 31.8 Å². The summed E-state index contributed by atoms with van der Waals surface area (Å²) >= 11 is 0. The Morgan fingerprint density at radius 3 is 2.12 bits per heavy atom. The quantitative estimate of drug-likeness (QED) is 0.875. The summed E-state index contributed by atoms with van der Waals surface area (Å²) in [7, 11) is -0.487. The van der Waals surface area contributed by atoms with E-state index in [-0.39, 0.29) is 10.8 Å². The van der Waals surface area contributed by atoms with Gasteiger partial charge in [-0.05, 0) is 43.2 Å². The first kappa shape index (κ1) is 18.2. The van der Waals surface area contributed by atoms with Crippen molar-refractivity contribution in [3.63, 3.8) is 0 Å². The second-order valence-corrected chi connectivity index (χ2v) is 8.00. The first-order valence-electron chi connectivity index (χ1n) is 7.67. The lowest BCUT2D eigenvalue weighted by Crippen LogP contribution is -2.22. The molecular formula is C18H22N2O3S. The summed E-state index contributed by atoms with van der Waals surface area (Å²) in [5, 5.41) is 2.78. The van der Waals surface area contributed by atoms with Gasteiger partial charge in [-0.3, -0.25) is 4.79 Å². The average Bonchev–Trinajstić information content (AvgIpc) is 2.54. The molecule has 0 unspecified atom stereocenters. The number of hydrogen-bond acceptors (Lipinski definition) is 3. The number of nitrogens with zero attached hydrogens (tertiary/aromatic N) is 1. The van der Waals surface area contributed by atoms with E-state index < -0.39 is 10.0 Å². The number of aryl methyl sites for hydroxylation is 2. The largest absolute Gasteiger partial charge is 0.326 e. The number of benzene rings is 2. The Morgan fingerprint density at radius 2 is 1.58 bits per heavy atom. The fourth-order valence-electron chi connectivity index (χ4n) is 2.16. The highest BCUT2D eigenvalue weighted by Gasteiger charge is 2.16. The molecule has 0 saturated heterocycles. The third-order valence-corrected chi connectivity index (χ3v) is 5.51. The van der Waals surface area contributed by atoms with Crippen LogP contribution >= 0.6 is 0 Å². The van der Waals surface area contributed by atoms with Crippen molar-refractivity contribution in [3.05, 3.63) is 59.7 Å². The van der Waals surface area contributed by atoms with Gasteiger partial charge in [-0.15, -0.1) is 0 Å². The molecule has 5 nitrogen and oxygen atoms in total. The molecule has 0 aromatic heterocycles. The molecule has 0 bridgehead atoms. The van der Waals surface area contributed by atoms with Crippen molar-refractivity contribution in [1.29, 1.82) is 0 Å². The summed E-state index contributed by atoms with van der Waals surface area (Å²) < 4.78 is 25.1.